The summed E-state index contributed by atoms with van der Waals surface area (Å²) in [5.41, 5.74) is 2.82. The Morgan fingerprint density at radius 2 is 1.94 bits per heavy atom. The number of urea groups is 1. The number of carbonyl (C=O) groups is 2. The van der Waals surface area contributed by atoms with E-state index in [0.29, 0.717) is 32.1 Å². The number of nitrogens with zero attached hydrogens (tertiary/aromatic N) is 4. The molecule has 0 aromatic heterocycles. The lowest BCUT2D eigenvalue weighted by Gasteiger charge is -2.42. The first kappa shape index (κ1) is 22.8. The Bertz CT molecular complexity index is 974. The van der Waals surface area contributed by atoms with Gasteiger partial charge < -0.3 is 19.3 Å². The second kappa shape index (κ2) is 8.33. The minimum atomic E-state index is -0.822. The highest BCUT2D eigenvalue weighted by atomic mass is 16.7. The third kappa shape index (κ3) is 4.26. The van der Waals surface area contributed by atoms with Gasteiger partial charge in [0, 0.05) is 19.6 Å². The largest absolute Gasteiger partial charge is 0.450 e. The monoisotopic (exact) mass is 471 g/mol. The van der Waals surface area contributed by atoms with Crippen LogP contribution in [0.25, 0.3) is 0 Å². The number of hydrogen-bond acceptors (Lipinski definition) is 7. The Kier molecular flexibility index (Phi) is 5.58. The van der Waals surface area contributed by atoms with Crippen LogP contribution < -0.4 is 5.43 Å². The van der Waals surface area contributed by atoms with Crippen LogP contribution in [0.1, 0.15) is 46.1 Å². The Morgan fingerprint density at radius 1 is 1.21 bits per heavy atom. The molecule has 10 nitrogen and oxygen atoms in total. The van der Waals surface area contributed by atoms with Crippen LogP contribution in [0.15, 0.2) is 35.4 Å². The molecule has 34 heavy (non-hydrogen) atoms. The van der Waals surface area contributed by atoms with Gasteiger partial charge in [0.05, 0.1) is 18.0 Å². The topological polar surface area (TPSA) is 95.9 Å². The number of nitrogens with one attached hydrogen (secondary N) is 1. The summed E-state index contributed by atoms with van der Waals surface area (Å²) in [7, 11) is 0. The van der Waals surface area contributed by atoms with Crippen molar-refractivity contribution in [2.24, 2.45) is 11.0 Å². The normalized spacial score (nSPS) is 28.9. The predicted molar refractivity (Wildman–Crippen MR) is 123 cm³/mol. The maximum Gasteiger partial charge on any atom is 0.410 e. The molecule has 1 aromatic rings. The number of fused-ring (bicyclic) bond motifs is 2. The van der Waals surface area contributed by atoms with E-state index in [1.807, 2.05) is 62.9 Å². The summed E-state index contributed by atoms with van der Waals surface area (Å²) in [6.07, 6.45) is 1.28. The van der Waals surface area contributed by atoms with Gasteiger partial charge in [0.1, 0.15) is 12.2 Å². The summed E-state index contributed by atoms with van der Waals surface area (Å²) in [6.45, 7) is 9.45. The molecule has 3 atom stereocenters. The molecule has 0 radical (unpaired) electrons. The second-order valence-electron chi connectivity index (χ2n) is 10.6. The second-order valence-corrected chi connectivity index (χ2v) is 10.6. The molecule has 0 saturated carbocycles. The van der Waals surface area contributed by atoms with E-state index in [2.05, 4.69) is 10.5 Å². The van der Waals surface area contributed by atoms with Gasteiger partial charge in [-0.15, -0.1) is 5.10 Å². The van der Waals surface area contributed by atoms with Crippen molar-refractivity contribution in [2.45, 2.75) is 70.6 Å². The van der Waals surface area contributed by atoms with Crippen molar-refractivity contribution in [3.05, 3.63) is 35.9 Å². The summed E-state index contributed by atoms with van der Waals surface area (Å²) in [5, 5.41) is 5.97. The van der Waals surface area contributed by atoms with Gasteiger partial charge in [0.25, 0.3) is 0 Å². The molecule has 1 aromatic carbocycles. The molecule has 3 amide bonds. The van der Waals surface area contributed by atoms with Crippen LogP contribution in [0, 0.1) is 5.92 Å². The highest BCUT2D eigenvalue weighted by Crippen LogP contribution is 2.38. The van der Waals surface area contributed by atoms with Gasteiger partial charge in [-0.3, -0.25) is 10.3 Å². The van der Waals surface area contributed by atoms with Crippen molar-refractivity contribution >= 4 is 18.0 Å². The first-order valence-corrected chi connectivity index (χ1v) is 11.9. The standard InChI is InChI=1S/C24H33N5O5/c1-23(2,3)34-22(31)27-12-17(13-27)20-25-26-24(4,33-20)19-11-10-18-14-28(19)21(30)29(18)32-15-16-8-6-5-7-9-16/h5-9,17-19,26H,10-15H2,1-4H3/t18-,19+,24?/m1/s1. The maximum absolute atomic E-state index is 13.2. The molecule has 5 rings (SSSR count). The zero-order chi connectivity index (χ0) is 24.1. The predicted octanol–water partition coefficient (Wildman–Crippen LogP) is 2.90. The lowest BCUT2D eigenvalue weighted by molar-refractivity contribution is -0.140. The van der Waals surface area contributed by atoms with Crippen molar-refractivity contribution in [2.75, 3.05) is 19.6 Å². The van der Waals surface area contributed by atoms with Crippen LogP contribution in [0.4, 0.5) is 9.59 Å². The van der Waals surface area contributed by atoms with E-state index in [1.54, 1.807) is 4.90 Å². The Hall–Kier alpha value is -3.01. The summed E-state index contributed by atoms with van der Waals surface area (Å²) >= 11 is 0. The van der Waals surface area contributed by atoms with Gasteiger partial charge in [-0.05, 0) is 46.1 Å². The number of hydrazone groups is 1. The molecular weight excluding hydrogens is 438 g/mol. The van der Waals surface area contributed by atoms with E-state index < -0.39 is 11.3 Å². The fourth-order valence-electron chi connectivity index (χ4n) is 4.95. The van der Waals surface area contributed by atoms with Crippen molar-refractivity contribution in [3.8, 4) is 0 Å². The van der Waals surface area contributed by atoms with E-state index in [0.717, 1.165) is 18.4 Å². The van der Waals surface area contributed by atoms with E-state index in [-0.39, 0.29) is 30.1 Å². The highest BCUT2D eigenvalue weighted by Gasteiger charge is 2.55. The van der Waals surface area contributed by atoms with Crippen LogP contribution in [-0.2, 0) is 20.9 Å². The molecule has 4 aliphatic heterocycles. The van der Waals surface area contributed by atoms with Gasteiger partial charge in [0.15, 0.2) is 0 Å². The van der Waals surface area contributed by atoms with Crippen molar-refractivity contribution in [1.29, 1.82) is 0 Å². The fraction of sp³-hybridized carbons (Fsp3) is 0.625. The van der Waals surface area contributed by atoms with Gasteiger partial charge >= 0.3 is 12.1 Å². The highest BCUT2D eigenvalue weighted by molar-refractivity contribution is 5.84. The van der Waals surface area contributed by atoms with Gasteiger partial charge in [-0.2, -0.15) is 5.06 Å². The molecule has 1 unspecified atom stereocenters. The number of carbonyl (C=O) groups excluding carboxylic acids is 2. The SMILES string of the molecule is CC(C)(C)OC(=O)N1CC(C2=NNC(C)([C@@H]3CC[C@@H]4CN3C(=O)N4OCc3ccccc3)O2)C1. The Balaban J connectivity index is 1.16. The van der Waals surface area contributed by atoms with E-state index >= 15 is 0 Å². The molecule has 4 aliphatic rings. The van der Waals surface area contributed by atoms with Crippen molar-refractivity contribution in [1.82, 2.24) is 20.3 Å². The smallest absolute Gasteiger partial charge is 0.410 e. The first-order chi connectivity index (χ1) is 16.1. The van der Waals surface area contributed by atoms with E-state index in [1.165, 1.54) is 5.06 Å². The molecule has 2 bridgehead atoms. The van der Waals surface area contributed by atoms with Gasteiger partial charge in [-0.25, -0.2) is 9.59 Å². The number of rotatable bonds is 5. The van der Waals surface area contributed by atoms with Crippen LogP contribution >= 0.6 is 0 Å². The van der Waals surface area contributed by atoms with Gasteiger partial charge in [-0.1, -0.05) is 30.3 Å². The zero-order valence-electron chi connectivity index (χ0n) is 20.2. The Morgan fingerprint density at radius 3 is 2.65 bits per heavy atom. The van der Waals surface area contributed by atoms with Crippen LogP contribution in [0.3, 0.4) is 0 Å². The number of ether oxygens (including phenoxy) is 2. The lowest BCUT2D eigenvalue weighted by Crippen LogP contribution is -2.60. The van der Waals surface area contributed by atoms with Crippen molar-refractivity contribution < 1.29 is 23.9 Å². The third-order valence-corrected chi connectivity index (χ3v) is 6.76. The molecule has 1 N–H and O–H groups in total. The van der Waals surface area contributed by atoms with Gasteiger partial charge in [0.2, 0.25) is 11.6 Å². The molecule has 3 saturated heterocycles. The van der Waals surface area contributed by atoms with E-state index in [9.17, 15) is 9.59 Å². The molecule has 184 valence electrons. The molecule has 4 heterocycles. The fourth-order valence-corrected chi connectivity index (χ4v) is 4.95. The molecule has 10 heteroatoms. The summed E-state index contributed by atoms with van der Waals surface area (Å²) in [6, 6.07) is 9.56. The number of benzene rings is 1. The quantitative estimate of drug-likeness (QED) is 0.710. The first-order valence-electron chi connectivity index (χ1n) is 11.9. The average molecular weight is 472 g/mol. The number of amides is 3. The van der Waals surface area contributed by atoms with Crippen molar-refractivity contribution in [3.63, 3.8) is 0 Å². The average Bonchev–Trinajstić information content (AvgIpc) is 3.24. The zero-order valence-corrected chi connectivity index (χ0v) is 20.2. The lowest BCUT2D eigenvalue weighted by atomic mass is 9.93. The Labute approximate surface area is 199 Å². The molecular formula is C24H33N5O5. The van der Waals surface area contributed by atoms with Crippen LogP contribution in [0.2, 0.25) is 0 Å². The minimum Gasteiger partial charge on any atom is -0.450 e. The molecule has 0 spiro atoms. The number of hydroxylamine groups is 2. The minimum absolute atomic E-state index is 0.0122. The number of likely N-dealkylation sites (tertiary alicyclic amines) is 1. The third-order valence-electron chi connectivity index (χ3n) is 6.76. The number of piperidine rings is 1. The number of hydrogen-bond donors (Lipinski definition) is 1. The van der Waals surface area contributed by atoms with Crippen LogP contribution in [0.5, 0.6) is 0 Å². The van der Waals surface area contributed by atoms with Crippen LogP contribution in [-0.4, -0.2) is 75.9 Å². The maximum atomic E-state index is 13.2. The summed E-state index contributed by atoms with van der Waals surface area (Å²) in [4.78, 5) is 34.8. The molecule has 3 fully saturated rings. The summed E-state index contributed by atoms with van der Waals surface area (Å²) < 4.78 is 11.7. The van der Waals surface area contributed by atoms with E-state index in [4.69, 9.17) is 14.3 Å². The summed E-state index contributed by atoms with van der Waals surface area (Å²) in [5.74, 6) is 0.589. The molecule has 0 aliphatic carbocycles.